The van der Waals surface area contributed by atoms with Gasteiger partial charge >= 0.3 is 0 Å². The van der Waals surface area contributed by atoms with Gasteiger partial charge in [0.25, 0.3) is 0 Å². The molecule has 148 valence electrons. The van der Waals surface area contributed by atoms with E-state index in [4.69, 9.17) is 9.47 Å². The fourth-order valence-electron chi connectivity index (χ4n) is 3.17. The Balaban J connectivity index is 1.83. The number of benzene rings is 1. The van der Waals surface area contributed by atoms with Crippen molar-refractivity contribution in [2.75, 3.05) is 6.79 Å². The van der Waals surface area contributed by atoms with Crippen LogP contribution < -0.4 is 9.47 Å². The predicted molar refractivity (Wildman–Crippen MR) is 103 cm³/mol. The zero-order valence-electron chi connectivity index (χ0n) is 16.6. The Kier molecular flexibility index (Phi) is 8.01. The van der Waals surface area contributed by atoms with Crippen LogP contribution in [0.2, 0.25) is 0 Å². The van der Waals surface area contributed by atoms with Crippen LogP contribution in [0, 0.1) is 0 Å². The molecular formula is C22H30O5. The predicted octanol–water partition coefficient (Wildman–Crippen LogP) is 4.54. The maximum absolute atomic E-state index is 12.4. The molecule has 0 unspecified atom stereocenters. The van der Waals surface area contributed by atoms with Crippen molar-refractivity contribution < 1.29 is 23.9 Å². The van der Waals surface area contributed by atoms with E-state index in [1.165, 1.54) is 0 Å². The van der Waals surface area contributed by atoms with Crippen molar-refractivity contribution in [3.8, 4) is 11.5 Å². The number of carbonyl (C=O) groups is 3. The minimum atomic E-state index is -0.0111. The SMILES string of the molecule is CCCCC(=O)CCC(=O)CCC(=O)Cc1cc2c(cc1C(C)C)OCO2. The molecule has 0 fully saturated rings. The molecule has 1 aromatic carbocycles. The summed E-state index contributed by atoms with van der Waals surface area (Å²) in [5.41, 5.74) is 2.00. The van der Waals surface area contributed by atoms with Gasteiger partial charge in [-0.05, 0) is 35.6 Å². The molecule has 27 heavy (non-hydrogen) atoms. The molecule has 5 heteroatoms. The van der Waals surface area contributed by atoms with Crippen LogP contribution >= 0.6 is 0 Å². The second kappa shape index (κ2) is 10.2. The zero-order valence-corrected chi connectivity index (χ0v) is 16.6. The number of rotatable bonds is 12. The Hall–Kier alpha value is -2.17. The van der Waals surface area contributed by atoms with E-state index in [0.717, 1.165) is 29.7 Å². The van der Waals surface area contributed by atoms with Gasteiger partial charge in [-0.25, -0.2) is 0 Å². The van der Waals surface area contributed by atoms with E-state index < -0.39 is 0 Å². The lowest BCUT2D eigenvalue weighted by Gasteiger charge is -2.13. The number of fused-ring (bicyclic) bond motifs is 1. The Morgan fingerprint density at radius 1 is 0.889 bits per heavy atom. The maximum Gasteiger partial charge on any atom is 0.231 e. The molecule has 0 saturated carbocycles. The van der Waals surface area contributed by atoms with E-state index in [1.807, 2.05) is 19.1 Å². The van der Waals surface area contributed by atoms with Gasteiger partial charge in [0, 0.05) is 38.5 Å². The average molecular weight is 374 g/mol. The fourth-order valence-corrected chi connectivity index (χ4v) is 3.17. The molecule has 0 aliphatic carbocycles. The van der Waals surface area contributed by atoms with Gasteiger partial charge in [0.2, 0.25) is 6.79 Å². The van der Waals surface area contributed by atoms with Gasteiger partial charge in [-0.3, -0.25) is 14.4 Å². The lowest BCUT2D eigenvalue weighted by atomic mass is 9.92. The molecule has 0 aromatic heterocycles. The lowest BCUT2D eigenvalue weighted by Crippen LogP contribution is -2.10. The van der Waals surface area contributed by atoms with Gasteiger partial charge in [0.05, 0.1) is 0 Å². The summed E-state index contributed by atoms with van der Waals surface area (Å²) in [4.78, 5) is 36.0. The van der Waals surface area contributed by atoms with E-state index in [9.17, 15) is 14.4 Å². The standard InChI is InChI=1S/C22H30O5/c1-4-5-6-17(23)7-8-18(24)9-10-19(25)11-16-12-21-22(27-14-26-21)13-20(16)15(2)3/h12-13,15H,4-11,14H2,1-3H3. The second-order valence-electron chi connectivity index (χ2n) is 7.46. The number of unbranched alkanes of at least 4 members (excludes halogenated alkanes) is 1. The minimum absolute atomic E-state index is 0.0111. The highest BCUT2D eigenvalue weighted by atomic mass is 16.7. The summed E-state index contributed by atoms with van der Waals surface area (Å²) in [6.45, 7) is 6.39. The second-order valence-corrected chi connectivity index (χ2v) is 7.46. The van der Waals surface area contributed by atoms with Crippen LogP contribution in [0.25, 0.3) is 0 Å². The van der Waals surface area contributed by atoms with Crippen molar-refractivity contribution in [1.29, 1.82) is 0 Å². The third kappa shape index (κ3) is 6.49. The summed E-state index contributed by atoms with van der Waals surface area (Å²) in [5, 5.41) is 0. The van der Waals surface area contributed by atoms with Crippen LogP contribution in [0.4, 0.5) is 0 Å². The highest BCUT2D eigenvalue weighted by Crippen LogP contribution is 2.37. The first-order valence-corrected chi connectivity index (χ1v) is 9.88. The topological polar surface area (TPSA) is 69.7 Å². The third-order valence-corrected chi connectivity index (χ3v) is 4.82. The Labute approximate surface area is 161 Å². The smallest absolute Gasteiger partial charge is 0.231 e. The number of Topliss-reactive ketones (excluding diaryl/α,β-unsaturated/α-hetero) is 3. The maximum atomic E-state index is 12.4. The van der Waals surface area contributed by atoms with Crippen LogP contribution in [0.5, 0.6) is 11.5 Å². The largest absolute Gasteiger partial charge is 0.454 e. The third-order valence-electron chi connectivity index (χ3n) is 4.82. The van der Waals surface area contributed by atoms with Gasteiger partial charge in [-0.15, -0.1) is 0 Å². The molecule has 0 saturated heterocycles. The van der Waals surface area contributed by atoms with Gasteiger partial charge in [-0.1, -0.05) is 27.2 Å². The van der Waals surface area contributed by atoms with Crippen molar-refractivity contribution in [1.82, 2.24) is 0 Å². The molecule has 0 radical (unpaired) electrons. The Morgan fingerprint density at radius 2 is 1.44 bits per heavy atom. The summed E-state index contributed by atoms with van der Waals surface area (Å²) < 4.78 is 10.8. The highest BCUT2D eigenvalue weighted by molar-refractivity contribution is 5.89. The molecular weight excluding hydrogens is 344 g/mol. The molecule has 1 heterocycles. The number of hydrogen-bond acceptors (Lipinski definition) is 5. The van der Waals surface area contributed by atoms with Crippen molar-refractivity contribution in [2.24, 2.45) is 0 Å². The molecule has 1 aliphatic heterocycles. The van der Waals surface area contributed by atoms with E-state index in [-0.39, 0.29) is 55.7 Å². The molecule has 0 N–H and O–H groups in total. The monoisotopic (exact) mass is 374 g/mol. The number of hydrogen-bond donors (Lipinski definition) is 0. The normalized spacial score (nSPS) is 12.4. The molecule has 5 nitrogen and oxygen atoms in total. The number of ketones is 3. The molecule has 0 amide bonds. The highest BCUT2D eigenvalue weighted by Gasteiger charge is 2.20. The van der Waals surface area contributed by atoms with Crippen LogP contribution in [0.15, 0.2) is 12.1 Å². The van der Waals surface area contributed by atoms with Crippen molar-refractivity contribution in [3.63, 3.8) is 0 Å². The zero-order chi connectivity index (χ0) is 19.8. The van der Waals surface area contributed by atoms with Crippen LogP contribution in [-0.2, 0) is 20.8 Å². The molecule has 2 rings (SSSR count). The van der Waals surface area contributed by atoms with E-state index in [2.05, 4.69) is 13.8 Å². The average Bonchev–Trinajstić information content (AvgIpc) is 3.09. The lowest BCUT2D eigenvalue weighted by molar-refractivity contribution is -0.125. The molecule has 1 aliphatic rings. The summed E-state index contributed by atoms with van der Waals surface area (Å²) in [7, 11) is 0. The Bertz CT molecular complexity index is 690. The van der Waals surface area contributed by atoms with Crippen LogP contribution in [0.3, 0.4) is 0 Å². The molecule has 0 spiro atoms. The van der Waals surface area contributed by atoms with Gasteiger partial charge in [-0.2, -0.15) is 0 Å². The Morgan fingerprint density at radius 3 is 2.04 bits per heavy atom. The summed E-state index contributed by atoms with van der Waals surface area (Å²) in [5.74, 6) is 1.81. The van der Waals surface area contributed by atoms with Crippen molar-refractivity contribution >= 4 is 17.3 Å². The molecule has 1 aromatic rings. The quantitative estimate of drug-likeness (QED) is 0.537. The van der Waals surface area contributed by atoms with Crippen molar-refractivity contribution in [3.05, 3.63) is 23.3 Å². The molecule has 0 bridgehead atoms. The van der Waals surface area contributed by atoms with Gasteiger partial charge in [0.1, 0.15) is 17.3 Å². The molecule has 0 atom stereocenters. The van der Waals surface area contributed by atoms with Crippen molar-refractivity contribution in [2.45, 2.75) is 78.1 Å². The number of ether oxygens (including phenoxy) is 2. The van der Waals surface area contributed by atoms with Crippen LogP contribution in [0.1, 0.15) is 82.8 Å². The van der Waals surface area contributed by atoms with Gasteiger partial charge < -0.3 is 9.47 Å². The first kappa shape index (κ1) is 21.1. The first-order chi connectivity index (χ1) is 12.9. The first-order valence-electron chi connectivity index (χ1n) is 9.88. The number of carbonyl (C=O) groups excluding carboxylic acids is 3. The summed E-state index contributed by atoms with van der Waals surface area (Å²) in [6.07, 6.45) is 3.66. The van der Waals surface area contributed by atoms with E-state index in [1.54, 1.807) is 0 Å². The van der Waals surface area contributed by atoms with Gasteiger partial charge in [0.15, 0.2) is 11.5 Å². The summed E-state index contributed by atoms with van der Waals surface area (Å²) >= 11 is 0. The minimum Gasteiger partial charge on any atom is -0.454 e. The van der Waals surface area contributed by atoms with E-state index in [0.29, 0.717) is 18.6 Å². The van der Waals surface area contributed by atoms with Crippen LogP contribution in [-0.4, -0.2) is 24.1 Å². The summed E-state index contributed by atoms with van der Waals surface area (Å²) in [6, 6.07) is 3.83. The fraction of sp³-hybridized carbons (Fsp3) is 0.591. The van der Waals surface area contributed by atoms with E-state index >= 15 is 0 Å².